The van der Waals surface area contributed by atoms with Gasteiger partial charge in [0.2, 0.25) is 0 Å². The van der Waals surface area contributed by atoms with Gasteiger partial charge in [-0.25, -0.2) is 4.57 Å². The van der Waals surface area contributed by atoms with Gasteiger partial charge in [0, 0.05) is 10.8 Å². The Balaban J connectivity index is 2.09. The number of anilines is 1. The number of fused-ring (bicyclic) bond motifs is 6. The summed E-state index contributed by atoms with van der Waals surface area (Å²) < 4.78 is 2.50. The molecule has 0 N–H and O–H groups in total. The van der Waals surface area contributed by atoms with Crippen LogP contribution < -0.4 is 9.47 Å². The summed E-state index contributed by atoms with van der Waals surface area (Å²) in [5, 5.41) is 4.12. The first-order chi connectivity index (χ1) is 10.3. The zero-order valence-corrected chi connectivity index (χ0v) is 12.7. The molecule has 2 aromatic carbocycles. The second-order valence-electron chi connectivity index (χ2n) is 6.38. The highest BCUT2D eigenvalue weighted by Gasteiger charge is 2.32. The molecule has 0 amide bonds. The largest absolute Gasteiger partial charge is 0.285 e. The van der Waals surface area contributed by atoms with Crippen LogP contribution in [0.25, 0.3) is 21.7 Å². The minimum atomic E-state index is 0.682. The Morgan fingerprint density at radius 3 is 2.38 bits per heavy atom. The second-order valence-corrected chi connectivity index (χ2v) is 6.38. The Morgan fingerprint density at radius 2 is 1.62 bits per heavy atom. The third-order valence-corrected chi connectivity index (χ3v) is 4.39. The van der Waals surface area contributed by atoms with Crippen molar-refractivity contribution in [3.05, 3.63) is 48.5 Å². The molecule has 2 heteroatoms. The predicted molar refractivity (Wildman–Crippen MR) is 88.7 cm³/mol. The summed E-state index contributed by atoms with van der Waals surface area (Å²) in [6.45, 7) is 7.93. The topological polar surface area (TPSA) is 7.12 Å². The average molecular weight is 277 g/mol. The van der Waals surface area contributed by atoms with E-state index in [9.17, 15) is 0 Å². The van der Waals surface area contributed by atoms with E-state index in [2.05, 4.69) is 71.8 Å². The van der Waals surface area contributed by atoms with Crippen LogP contribution in [0.2, 0.25) is 0 Å². The summed E-state index contributed by atoms with van der Waals surface area (Å²) in [5.41, 5.74) is 1.36. The van der Waals surface area contributed by atoms with Crippen LogP contribution >= 0.6 is 0 Å². The smallest absolute Gasteiger partial charge is 0.257 e. The van der Waals surface area contributed by atoms with Crippen LogP contribution in [0, 0.1) is 5.92 Å². The molecule has 0 radical (unpaired) electrons. The van der Waals surface area contributed by atoms with E-state index in [0.717, 1.165) is 19.6 Å². The van der Waals surface area contributed by atoms with E-state index in [-0.39, 0.29) is 0 Å². The van der Waals surface area contributed by atoms with Gasteiger partial charge < -0.3 is 0 Å². The molecule has 0 bridgehead atoms. The number of benzene rings is 2. The molecule has 3 aromatic rings. The molecule has 4 rings (SSSR count). The van der Waals surface area contributed by atoms with Crippen LogP contribution in [0.1, 0.15) is 13.8 Å². The van der Waals surface area contributed by atoms with E-state index < -0.39 is 0 Å². The molecule has 0 spiro atoms. The molecule has 21 heavy (non-hydrogen) atoms. The van der Waals surface area contributed by atoms with E-state index in [0.29, 0.717) is 5.92 Å². The van der Waals surface area contributed by atoms with Crippen LogP contribution in [-0.2, 0) is 6.54 Å². The molecular weight excluding hydrogens is 256 g/mol. The van der Waals surface area contributed by atoms with Crippen LogP contribution in [0.15, 0.2) is 48.5 Å². The molecule has 0 saturated carbocycles. The van der Waals surface area contributed by atoms with Crippen molar-refractivity contribution in [1.82, 2.24) is 0 Å². The lowest BCUT2D eigenvalue weighted by Crippen LogP contribution is -2.33. The summed E-state index contributed by atoms with van der Waals surface area (Å²) in [6, 6.07) is 17.6. The highest BCUT2D eigenvalue weighted by molar-refractivity contribution is 6.08. The first kappa shape index (κ1) is 12.6. The molecule has 2 heterocycles. The number of aromatic nitrogens is 1. The number of pyridine rings is 1. The first-order valence-electron chi connectivity index (χ1n) is 7.84. The zero-order valence-electron chi connectivity index (χ0n) is 12.7. The lowest BCUT2D eigenvalue weighted by molar-refractivity contribution is -0.643. The van der Waals surface area contributed by atoms with Crippen molar-refractivity contribution in [3.8, 4) is 0 Å². The maximum Gasteiger partial charge on any atom is 0.285 e. The van der Waals surface area contributed by atoms with E-state index in [1.165, 1.54) is 27.5 Å². The molecule has 0 unspecified atom stereocenters. The number of nitrogens with zero attached hydrogens (tertiary/aromatic N) is 2. The van der Waals surface area contributed by atoms with Crippen molar-refractivity contribution < 1.29 is 4.57 Å². The Hall–Kier alpha value is -2.09. The van der Waals surface area contributed by atoms with Crippen molar-refractivity contribution in [3.63, 3.8) is 0 Å². The van der Waals surface area contributed by atoms with E-state index in [4.69, 9.17) is 0 Å². The Labute approximate surface area is 125 Å². The fraction of sp³-hybridized carbons (Fsp3) is 0.316. The lowest BCUT2D eigenvalue weighted by atomic mass is 10.1. The van der Waals surface area contributed by atoms with Gasteiger partial charge >= 0.3 is 0 Å². The molecule has 1 aliphatic heterocycles. The molecule has 1 aromatic heterocycles. The molecule has 1 aliphatic rings. The summed E-state index contributed by atoms with van der Waals surface area (Å²) >= 11 is 0. The minimum absolute atomic E-state index is 0.682. The second kappa shape index (κ2) is 4.73. The van der Waals surface area contributed by atoms with Crippen molar-refractivity contribution in [2.24, 2.45) is 5.92 Å². The molecule has 2 nitrogen and oxygen atoms in total. The molecule has 0 atom stereocenters. The minimum Gasteiger partial charge on any atom is -0.257 e. The van der Waals surface area contributed by atoms with Gasteiger partial charge in [0.05, 0.1) is 11.9 Å². The number of hydrogen-bond donors (Lipinski definition) is 0. The maximum atomic E-state index is 2.56. The quantitative estimate of drug-likeness (QED) is 0.511. The summed E-state index contributed by atoms with van der Waals surface area (Å²) in [6.07, 6.45) is 0. The fourth-order valence-electron chi connectivity index (χ4n) is 3.62. The van der Waals surface area contributed by atoms with Gasteiger partial charge in [0.15, 0.2) is 0 Å². The lowest BCUT2D eigenvalue weighted by Gasteiger charge is -2.15. The van der Waals surface area contributed by atoms with Crippen molar-refractivity contribution >= 4 is 27.5 Å². The summed E-state index contributed by atoms with van der Waals surface area (Å²) in [5.74, 6) is 2.08. The third-order valence-electron chi connectivity index (χ3n) is 4.39. The van der Waals surface area contributed by atoms with Gasteiger partial charge in [-0.3, -0.25) is 4.90 Å². The number of rotatable bonds is 2. The normalized spacial score (nSPS) is 14.3. The summed E-state index contributed by atoms with van der Waals surface area (Å²) in [4.78, 5) is 2.56. The van der Waals surface area contributed by atoms with Crippen LogP contribution in [-0.4, -0.2) is 13.1 Å². The molecule has 0 saturated heterocycles. The van der Waals surface area contributed by atoms with Gasteiger partial charge in [-0.1, -0.05) is 50.2 Å². The van der Waals surface area contributed by atoms with Crippen LogP contribution in [0.4, 0.5) is 5.82 Å². The van der Waals surface area contributed by atoms with Crippen molar-refractivity contribution in [2.75, 3.05) is 18.0 Å². The average Bonchev–Trinajstić information content (AvgIpc) is 2.91. The Kier molecular flexibility index (Phi) is 2.85. The van der Waals surface area contributed by atoms with Crippen molar-refractivity contribution in [2.45, 2.75) is 20.4 Å². The van der Waals surface area contributed by atoms with Crippen LogP contribution in [0.5, 0.6) is 0 Å². The monoisotopic (exact) mass is 277 g/mol. The highest BCUT2D eigenvalue weighted by Crippen LogP contribution is 2.32. The van der Waals surface area contributed by atoms with E-state index in [1.807, 2.05) is 0 Å². The fourth-order valence-corrected chi connectivity index (χ4v) is 3.62. The van der Waals surface area contributed by atoms with Crippen LogP contribution in [0.3, 0.4) is 0 Å². The van der Waals surface area contributed by atoms with Gasteiger partial charge in [-0.15, -0.1) is 0 Å². The predicted octanol–water partition coefficient (Wildman–Crippen LogP) is 3.76. The van der Waals surface area contributed by atoms with E-state index in [1.54, 1.807) is 0 Å². The summed E-state index contributed by atoms with van der Waals surface area (Å²) in [7, 11) is 0. The van der Waals surface area contributed by atoms with Gasteiger partial charge in [-0.2, -0.15) is 0 Å². The maximum absolute atomic E-state index is 2.56. The highest BCUT2D eigenvalue weighted by atomic mass is 15.3. The standard InChI is InChI=1S/C19H21N2/c1-14(2)13-20-11-12-21-18-10-6-5-8-16(18)15-7-3-4-9-17(15)19(20)21/h3-10,14H,11-13H2,1-2H3/q+1. The third kappa shape index (κ3) is 1.90. The molecule has 0 fully saturated rings. The Bertz CT molecular complexity index is 820. The Morgan fingerprint density at radius 1 is 0.952 bits per heavy atom. The zero-order chi connectivity index (χ0) is 14.4. The van der Waals surface area contributed by atoms with Gasteiger partial charge in [-0.05, 0) is 18.1 Å². The number of para-hydroxylation sites is 1. The van der Waals surface area contributed by atoms with E-state index >= 15 is 0 Å². The SMILES string of the molecule is CC(C)CN1CC[n+]2c1c1ccccc1c1ccccc12. The molecule has 0 aliphatic carbocycles. The van der Waals surface area contributed by atoms with Gasteiger partial charge in [0.25, 0.3) is 5.82 Å². The van der Waals surface area contributed by atoms with Gasteiger partial charge in [0.1, 0.15) is 18.6 Å². The number of hydrogen-bond acceptors (Lipinski definition) is 1. The molecular formula is C19H21N2+. The molecule has 106 valence electrons. The first-order valence-corrected chi connectivity index (χ1v) is 7.84. The van der Waals surface area contributed by atoms with Crippen molar-refractivity contribution in [1.29, 1.82) is 0 Å².